The number of benzene rings is 1. The largest absolute Gasteiger partial charge is 0.497 e. The van der Waals surface area contributed by atoms with E-state index in [4.69, 9.17) is 15.6 Å². The van der Waals surface area contributed by atoms with E-state index >= 15 is 0 Å². The summed E-state index contributed by atoms with van der Waals surface area (Å²) in [6, 6.07) is 7.06. The molecule has 8 nitrogen and oxygen atoms in total. The number of nitrogens with two attached hydrogens (primary N) is 1. The molecule has 0 aliphatic rings. The highest BCUT2D eigenvalue weighted by atomic mass is 16.5. The van der Waals surface area contributed by atoms with E-state index in [2.05, 4.69) is 15.4 Å². The Kier molecular flexibility index (Phi) is 4.26. The van der Waals surface area contributed by atoms with Crippen molar-refractivity contribution in [2.75, 3.05) is 7.11 Å². The molecule has 1 aromatic heterocycles. The maximum absolute atomic E-state index is 10.5. The molecule has 0 aliphatic carbocycles. The van der Waals surface area contributed by atoms with Crippen LogP contribution in [0.4, 0.5) is 0 Å². The van der Waals surface area contributed by atoms with E-state index in [1.807, 2.05) is 24.3 Å². The number of tetrazole rings is 1. The molecular formula is C12H15N5O3. The molecule has 0 saturated heterocycles. The molecule has 8 heteroatoms. The van der Waals surface area contributed by atoms with Crippen molar-refractivity contribution in [3.05, 3.63) is 35.7 Å². The molecule has 0 bridgehead atoms. The minimum absolute atomic E-state index is 0.321. The van der Waals surface area contributed by atoms with Crippen LogP contribution in [0.2, 0.25) is 0 Å². The standard InChI is InChI=1S/C12H15N5O3/c1-20-9-4-2-8(3-5-9)6-10(13)12-14-16-17(15-12)7-11(18)19/h2-5,10H,6-7,13H2,1H3,(H,18,19). The van der Waals surface area contributed by atoms with Gasteiger partial charge in [-0.15, -0.1) is 10.2 Å². The van der Waals surface area contributed by atoms with E-state index in [0.29, 0.717) is 12.2 Å². The average molecular weight is 277 g/mol. The zero-order valence-corrected chi connectivity index (χ0v) is 10.9. The highest BCUT2D eigenvalue weighted by Crippen LogP contribution is 2.16. The van der Waals surface area contributed by atoms with Crippen LogP contribution in [0.1, 0.15) is 17.4 Å². The van der Waals surface area contributed by atoms with E-state index in [1.54, 1.807) is 7.11 Å². The van der Waals surface area contributed by atoms with Gasteiger partial charge in [-0.3, -0.25) is 4.79 Å². The van der Waals surface area contributed by atoms with E-state index in [-0.39, 0.29) is 6.54 Å². The third-order valence-electron chi connectivity index (χ3n) is 2.69. The first kappa shape index (κ1) is 13.9. The Hall–Kier alpha value is -2.48. The van der Waals surface area contributed by atoms with Crippen LogP contribution in [0.3, 0.4) is 0 Å². The summed E-state index contributed by atoms with van der Waals surface area (Å²) in [4.78, 5) is 11.5. The van der Waals surface area contributed by atoms with Gasteiger partial charge in [0.1, 0.15) is 5.75 Å². The number of hydrogen-bond acceptors (Lipinski definition) is 6. The molecule has 106 valence electrons. The van der Waals surface area contributed by atoms with Crippen molar-refractivity contribution in [3.8, 4) is 5.75 Å². The zero-order chi connectivity index (χ0) is 14.5. The Morgan fingerprint density at radius 1 is 1.45 bits per heavy atom. The molecule has 2 aromatic rings. The van der Waals surface area contributed by atoms with Crippen LogP contribution in [0.25, 0.3) is 0 Å². The van der Waals surface area contributed by atoms with Crippen molar-refractivity contribution in [1.82, 2.24) is 20.2 Å². The highest BCUT2D eigenvalue weighted by Gasteiger charge is 2.14. The first-order chi connectivity index (χ1) is 9.58. The lowest BCUT2D eigenvalue weighted by Crippen LogP contribution is -2.16. The van der Waals surface area contributed by atoms with Crippen LogP contribution in [-0.2, 0) is 17.8 Å². The highest BCUT2D eigenvalue weighted by molar-refractivity contribution is 5.66. The molecule has 0 radical (unpaired) electrons. The smallest absolute Gasteiger partial charge is 0.327 e. The van der Waals surface area contributed by atoms with Crippen molar-refractivity contribution in [2.45, 2.75) is 19.0 Å². The number of aromatic nitrogens is 4. The van der Waals surface area contributed by atoms with Crippen molar-refractivity contribution in [3.63, 3.8) is 0 Å². The number of carbonyl (C=O) groups is 1. The molecule has 0 spiro atoms. The fourth-order valence-corrected chi connectivity index (χ4v) is 1.70. The van der Waals surface area contributed by atoms with Crippen LogP contribution in [0.5, 0.6) is 5.75 Å². The molecular weight excluding hydrogens is 262 g/mol. The fourth-order valence-electron chi connectivity index (χ4n) is 1.70. The zero-order valence-electron chi connectivity index (χ0n) is 10.9. The first-order valence-corrected chi connectivity index (χ1v) is 5.96. The number of nitrogens with zero attached hydrogens (tertiary/aromatic N) is 4. The number of ether oxygens (including phenoxy) is 1. The van der Waals surface area contributed by atoms with Crippen LogP contribution < -0.4 is 10.5 Å². The van der Waals surface area contributed by atoms with Gasteiger partial charge in [0.15, 0.2) is 12.4 Å². The Bertz CT molecular complexity index is 581. The van der Waals surface area contributed by atoms with Gasteiger partial charge in [-0.25, -0.2) is 0 Å². The van der Waals surface area contributed by atoms with Crippen LogP contribution in [-0.4, -0.2) is 38.4 Å². The van der Waals surface area contributed by atoms with Crippen molar-refractivity contribution >= 4 is 5.97 Å². The van der Waals surface area contributed by atoms with Crippen LogP contribution in [0.15, 0.2) is 24.3 Å². The fraction of sp³-hybridized carbons (Fsp3) is 0.333. The van der Waals surface area contributed by atoms with Crippen molar-refractivity contribution < 1.29 is 14.6 Å². The lowest BCUT2D eigenvalue weighted by Gasteiger charge is -2.07. The van der Waals surface area contributed by atoms with Gasteiger partial charge < -0.3 is 15.6 Å². The number of methoxy groups -OCH3 is 1. The molecule has 0 amide bonds. The molecule has 1 unspecified atom stereocenters. The minimum Gasteiger partial charge on any atom is -0.497 e. The van der Waals surface area contributed by atoms with E-state index < -0.39 is 12.0 Å². The molecule has 0 saturated carbocycles. The van der Waals surface area contributed by atoms with Gasteiger partial charge in [-0.05, 0) is 29.3 Å². The van der Waals surface area contributed by atoms with Crippen molar-refractivity contribution in [2.24, 2.45) is 5.73 Å². The quantitative estimate of drug-likeness (QED) is 0.763. The van der Waals surface area contributed by atoms with E-state index in [0.717, 1.165) is 16.1 Å². The summed E-state index contributed by atoms with van der Waals surface area (Å²) in [6.45, 7) is -0.331. The lowest BCUT2D eigenvalue weighted by atomic mass is 10.1. The van der Waals surface area contributed by atoms with Crippen molar-refractivity contribution in [1.29, 1.82) is 0 Å². The van der Waals surface area contributed by atoms with Gasteiger partial charge in [0.2, 0.25) is 0 Å². The molecule has 0 aliphatic heterocycles. The van der Waals surface area contributed by atoms with Gasteiger partial charge in [0.25, 0.3) is 0 Å². The third-order valence-corrected chi connectivity index (χ3v) is 2.69. The maximum Gasteiger partial charge on any atom is 0.327 e. The predicted molar refractivity (Wildman–Crippen MR) is 69.1 cm³/mol. The molecule has 0 fully saturated rings. The van der Waals surface area contributed by atoms with Gasteiger partial charge >= 0.3 is 5.97 Å². The number of carboxylic acid groups (broad SMARTS) is 1. The molecule has 2 rings (SSSR count). The van der Waals surface area contributed by atoms with E-state index in [9.17, 15) is 4.79 Å². The summed E-state index contributed by atoms with van der Waals surface area (Å²) in [5.41, 5.74) is 6.99. The summed E-state index contributed by atoms with van der Waals surface area (Å²) >= 11 is 0. The molecule has 20 heavy (non-hydrogen) atoms. The number of aliphatic carboxylic acids is 1. The average Bonchev–Trinajstić information content (AvgIpc) is 2.87. The number of carboxylic acids is 1. The Labute approximate surface area is 115 Å². The number of hydrogen-bond donors (Lipinski definition) is 2. The summed E-state index contributed by atoms with van der Waals surface area (Å²) in [7, 11) is 1.60. The first-order valence-electron chi connectivity index (χ1n) is 5.96. The topological polar surface area (TPSA) is 116 Å². The van der Waals surface area contributed by atoms with Gasteiger partial charge in [-0.1, -0.05) is 12.1 Å². The Morgan fingerprint density at radius 3 is 2.75 bits per heavy atom. The monoisotopic (exact) mass is 277 g/mol. The third kappa shape index (κ3) is 3.51. The SMILES string of the molecule is COc1ccc(CC(N)c2nnn(CC(=O)O)n2)cc1. The normalized spacial score (nSPS) is 12.1. The van der Waals surface area contributed by atoms with Gasteiger partial charge in [0.05, 0.1) is 13.2 Å². The minimum atomic E-state index is -1.03. The Balaban J connectivity index is 2.01. The molecule has 3 N–H and O–H groups in total. The lowest BCUT2D eigenvalue weighted by molar-refractivity contribution is -0.138. The molecule has 1 aromatic carbocycles. The summed E-state index contributed by atoms with van der Waals surface area (Å²) in [5.74, 6) is 0.0626. The second-order valence-corrected chi connectivity index (χ2v) is 4.23. The molecule has 1 atom stereocenters. The summed E-state index contributed by atoms with van der Waals surface area (Å²) in [6.07, 6.45) is 0.531. The second kappa shape index (κ2) is 6.11. The number of rotatable bonds is 6. The molecule has 1 heterocycles. The Morgan fingerprint density at radius 2 is 2.15 bits per heavy atom. The maximum atomic E-state index is 10.5. The van der Waals surface area contributed by atoms with Crippen LogP contribution >= 0.6 is 0 Å². The van der Waals surface area contributed by atoms with E-state index in [1.165, 1.54) is 0 Å². The van der Waals surface area contributed by atoms with Gasteiger partial charge in [0, 0.05) is 0 Å². The predicted octanol–water partition coefficient (Wildman–Crippen LogP) is 0.00880. The summed E-state index contributed by atoms with van der Waals surface area (Å²) in [5, 5.41) is 20.0. The summed E-state index contributed by atoms with van der Waals surface area (Å²) < 4.78 is 5.07. The van der Waals surface area contributed by atoms with Gasteiger partial charge in [-0.2, -0.15) is 4.80 Å². The second-order valence-electron chi connectivity index (χ2n) is 4.23. The van der Waals surface area contributed by atoms with Crippen LogP contribution in [0, 0.1) is 0 Å².